The summed E-state index contributed by atoms with van der Waals surface area (Å²) in [5.41, 5.74) is 12.8. The van der Waals surface area contributed by atoms with Gasteiger partial charge in [-0.3, -0.25) is 0 Å². The van der Waals surface area contributed by atoms with Crippen molar-refractivity contribution in [2.24, 2.45) is 5.73 Å². The van der Waals surface area contributed by atoms with Gasteiger partial charge in [-0.25, -0.2) is 0 Å². The second-order valence-corrected chi connectivity index (χ2v) is 5.91. The predicted molar refractivity (Wildman–Crippen MR) is 84.7 cm³/mol. The van der Waals surface area contributed by atoms with E-state index in [2.05, 4.69) is 60.8 Å². The van der Waals surface area contributed by atoms with Gasteiger partial charge in [0.2, 0.25) is 0 Å². The minimum absolute atomic E-state index is 0.199. The third-order valence-electron chi connectivity index (χ3n) is 4.25. The van der Waals surface area contributed by atoms with Crippen LogP contribution < -0.4 is 10.6 Å². The van der Waals surface area contributed by atoms with Gasteiger partial charge in [0.15, 0.2) is 0 Å². The molecule has 0 fully saturated rings. The number of hydrogen-bond acceptors (Lipinski definition) is 2. The fourth-order valence-electron chi connectivity index (χ4n) is 3.30. The number of benzene rings is 1. The molecule has 1 atom stereocenters. The van der Waals surface area contributed by atoms with E-state index in [1.54, 1.807) is 0 Å². The first-order chi connectivity index (χ1) is 9.59. The van der Waals surface area contributed by atoms with Crippen LogP contribution in [0.3, 0.4) is 0 Å². The number of aromatic nitrogens is 1. The molecule has 0 saturated heterocycles. The summed E-state index contributed by atoms with van der Waals surface area (Å²) < 4.78 is 2.39. The lowest BCUT2D eigenvalue weighted by Gasteiger charge is -2.24. The zero-order valence-corrected chi connectivity index (χ0v) is 12.6. The van der Waals surface area contributed by atoms with Crippen LogP contribution >= 0.6 is 0 Å². The van der Waals surface area contributed by atoms with Gasteiger partial charge < -0.3 is 15.2 Å². The molecular formula is C17H23N3. The first-order valence-electron chi connectivity index (χ1n) is 7.33. The van der Waals surface area contributed by atoms with Crippen molar-refractivity contribution in [3.8, 4) is 5.69 Å². The lowest BCUT2D eigenvalue weighted by atomic mass is 9.93. The zero-order valence-electron chi connectivity index (χ0n) is 12.6. The van der Waals surface area contributed by atoms with Crippen molar-refractivity contribution in [2.45, 2.75) is 32.2 Å². The van der Waals surface area contributed by atoms with Crippen molar-refractivity contribution in [3.63, 3.8) is 0 Å². The summed E-state index contributed by atoms with van der Waals surface area (Å²) in [4.78, 5) is 2.17. The van der Waals surface area contributed by atoms with E-state index in [9.17, 15) is 0 Å². The van der Waals surface area contributed by atoms with Crippen molar-refractivity contribution in [2.75, 3.05) is 19.0 Å². The van der Waals surface area contributed by atoms with E-state index in [0.717, 1.165) is 12.8 Å². The van der Waals surface area contributed by atoms with Gasteiger partial charge in [0.05, 0.1) is 11.4 Å². The monoisotopic (exact) mass is 269 g/mol. The van der Waals surface area contributed by atoms with Crippen molar-refractivity contribution >= 4 is 5.69 Å². The summed E-state index contributed by atoms with van der Waals surface area (Å²) in [6, 6.07) is 11.0. The largest absolute Gasteiger partial charge is 0.376 e. The molecular weight excluding hydrogens is 246 g/mol. The fourth-order valence-corrected chi connectivity index (χ4v) is 3.30. The molecule has 1 heterocycles. The van der Waals surface area contributed by atoms with Gasteiger partial charge in [-0.1, -0.05) is 12.1 Å². The molecule has 3 nitrogen and oxygen atoms in total. The molecule has 1 aromatic heterocycles. The Balaban J connectivity index is 2.21. The van der Waals surface area contributed by atoms with Crippen LogP contribution in [0.4, 0.5) is 5.69 Å². The summed E-state index contributed by atoms with van der Waals surface area (Å²) in [6.07, 6.45) is 3.41. The molecule has 1 unspecified atom stereocenters. The molecule has 3 heteroatoms. The Morgan fingerprint density at radius 1 is 1.25 bits per heavy atom. The number of nitrogens with zero attached hydrogens (tertiary/aromatic N) is 2. The average Bonchev–Trinajstić information content (AvgIpc) is 2.76. The molecule has 0 saturated carbocycles. The Morgan fingerprint density at radius 3 is 2.75 bits per heavy atom. The summed E-state index contributed by atoms with van der Waals surface area (Å²) in [5.74, 6) is 0. The molecule has 1 aliphatic rings. The molecule has 3 rings (SSSR count). The maximum Gasteiger partial charge on any atom is 0.0689 e. The lowest BCUT2D eigenvalue weighted by Crippen LogP contribution is -2.19. The molecule has 0 spiro atoms. The molecule has 0 amide bonds. The molecule has 1 aromatic carbocycles. The molecule has 1 aliphatic carbocycles. The Labute approximate surface area is 121 Å². The third-order valence-corrected chi connectivity index (χ3v) is 4.25. The van der Waals surface area contributed by atoms with Crippen LogP contribution in [0, 0.1) is 6.92 Å². The standard InChI is InChI=1S/C17H23N3/c1-12-11-13-14(18)7-6-10-15(13)20(12)17-9-5-4-8-16(17)19(2)3/h4-5,8-9,11,14H,6-7,10,18H2,1-3H3. The average molecular weight is 269 g/mol. The van der Waals surface area contributed by atoms with Crippen molar-refractivity contribution in [3.05, 3.63) is 47.3 Å². The second kappa shape index (κ2) is 4.98. The normalized spacial score (nSPS) is 17.9. The highest BCUT2D eigenvalue weighted by Crippen LogP contribution is 2.35. The summed E-state index contributed by atoms with van der Waals surface area (Å²) >= 11 is 0. The highest BCUT2D eigenvalue weighted by Gasteiger charge is 2.23. The number of hydrogen-bond donors (Lipinski definition) is 1. The molecule has 0 radical (unpaired) electrons. The Hall–Kier alpha value is -1.74. The number of nitrogens with two attached hydrogens (primary N) is 1. The van der Waals surface area contributed by atoms with E-state index < -0.39 is 0 Å². The second-order valence-electron chi connectivity index (χ2n) is 5.91. The number of aryl methyl sites for hydroxylation is 1. The topological polar surface area (TPSA) is 34.2 Å². The van der Waals surface area contributed by atoms with Crippen molar-refractivity contribution in [1.82, 2.24) is 4.57 Å². The predicted octanol–water partition coefficient (Wildman–Crippen LogP) is 3.19. The Kier molecular flexibility index (Phi) is 3.30. The van der Waals surface area contributed by atoms with E-state index in [4.69, 9.17) is 5.73 Å². The van der Waals surface area contributed by atoms with Crippen molar-refractivity contribution < 1.29 is 0 Å². The highest BCUT2D eigenvalue weighted by molar-refractivity contribution is 5.64. The van der Waals surface area contributed by atoms with Gasteiger partial charge in [0.1, 0.15) is 0 Å². The quantitative estimate of drug-likeness (QED) is 0.908. The maximum atomic E-state index is 6.28. The van der Waals surface area contributed by atoms with Gasteiger partial charge in [-0.2, -0.15) is 0 Å². The number of fused-ring (bicyclic) bond motifs is 1. The summed E-state index contributed by atoms with van der Waals surface area (Å²) in [7, 11) is 4.19. The Morgan fingerprint density at radius 2 is 2.00 bits per heavy atom. The van der Waals surface area contributed by atoms with Crippen LogP contribution in [0.25, 0.3) is 5.69 Å². The molecule has 106 valence electrons. The number of para-hydroxylation sites is 2. The molecule has 0 aliphatic heterocycles. The van der Waals surface area contributed by atoms with E-state index in [0.29, 0.717) is 0 Å². The van der Waals surface area contributed by atoms with Gasteiger partial charge in [0.25, 0.3) is 0 Å². The van der Waals surface area contributed by atoms with Crippen LogP contribution in [0.5, 0.6) is 0 Å². The van der Waals surface area contributed by atoms with Crippen LogP contribution in [-0.4, -0.2) is 18.7 Å². The minimum Gasteiger partial charge on any atom is -0.376 e. The number of rotatable bonds is 2. The van der Waals surface area contributed by atoms with Gasteiger partial charge in [-0.15, -0.1) is 0 Å². The summed E-state index contributed by atoms with van der Waals surface area (Å²) in [5, 5.41) is 0. The zero-order chi connectivity index (χ0) is 14.3. The van der Waals surface area contributed by atoms with E-state index in [1.807, 2.05) is 0 Å². The SMILES string of the molecule is Cc1cc2c(n1-c1ccccc1N(C)C)CCCC2N. The van der Waals surface area contributed by atoms with Gasteiger partial charge in [-0.05, 0) is 49.9 Å². The molecule has 2 aromatic rings. The van der Waals surface area contributed by atoms with E-state index in [1.165, 1.54) is 34.7 Å². The van der Waals surface area contributed by atoms with Crippen LogP contribution in [-0.2, 0) is 6.42 Å². The first-order valence-corrected chi connectivity index (χ1v) is 7.33. The van der Waals surface area contributed by atoms with Crippen LogP contribution in [0.15, 0.2) is 30.3 Å². The first kappa shape index (κ1) is 13.3. The smallest absolute Gasteiger partial charge is 0.0689 e. The van der Waals surface area contributed by atoms with Gasteiger partial charge >= 0.3 is 0 Å². The van der Waals surface area contributed by atoms with E-state index >= 15 is 0 Å². The van der Waals surface area contributed by atoms with E-state index in [-0.39, 0.29) is 6.04 Å². The van der Waals surface area contributed by atoms with Crippen LogP contribution in [0.1, 0.15) is 35.8 Å². The molecule has 2 N–H and O–H groups in total. The lowest BCUT2D eigenvalue weighted by molar-refractivity contribution is 0.560. The third kappa shape index (κ3) is 2.02. The van der Waals surface area contributed by atoms with Gasteiger partial charge in [0, 0.05) is 31.5 Å². The Bertz CT molecular complexity index is 625. The summed E-state index contributed by atoms with van der Waals surface area (Å²) in [6.45, 7) is 2.18. The fraction of sp³-hybridized carbons (Fsp3) is 0.412. The van der Waals surface area contributed by atoms with Crippen molar-refractivity contribution in [1.29, 1.82) is 0 Å². The maximum absolute atomic E-state index is 6.28. The highest BCUT2D eigenvalue weighted by atomic mass is 15.1. The molecule has 20 heavy (non-hydrogen) atoms. The minimum atomic E-state index is 0.199. The number of anilines is 1. The van der Waals surface area contributed by atoms with Crippen LogP contribution in [0.2, 0.25) is 0 Å². The molecule has 0 bridgehead atoms.